The number of rotatable bonds is 1. The fourth-order valence-electron chi connectivity index (χ4n) is 3.71. The van der Waals surface area contributed by atoms with Crippen molar-refractivity contribution in [2.45, 2.75) is 45.1 Å². The van der Waals surface area contributed by atoms with E-state index in [1.54, 1.807) is 0 Å². The lowest BCUT2D eigenvalue weighted by Crippen LogP contribution is -2.27. The lowest BCUT2D eigenvalue weighted by Gasteiger charge is -2.26. The van der Waals surface area contributed by atoms with Crippen LogP contribution in [-0.2, 0) is 19.4 Å². The second-order valence-electron chi connectivity index (χ2n) is 6.16. The minimum Gasteiger partial charge on any atom is -0.312 e. The predicted molar refractivity (Wildman–Crippen MR) is 83.4 cm³/mol. The van der Waals surface area contributed by atoms with Gasteiger partial charge in [0.25, 0.3) is 0 Å². The molecule has 0 saturated heterocycles. The van der Waals surface area contributed by atoms with Crippen molar-refractivity contribution in [1.29, 1.82) is 0 Å². The van der Waals surface area contributed by atoms with Crippen molar-refractivity contribution in [3.8, 4) is 0 Å². The van der Waals surface area contributed by atoms with Gasteiger partial charge in [0.2, 0.25) is 0 Å². The number of aryl methyl sites for hydroxylation is 2. The largest absolute Gasteiger partial charge is 0.312 e. The van der Waals surface area contributed by atoms with Gasteiger partial charge in [0, 0.05) is 36.7 Å². The first-order valence-electron chi connectivity index (χ1n) is 7.98. The quantitative estimate of drug-likeness (QED) is 0.872. The van der Waals surface area contributed by atoms with Gasteiger partial charge in [0.1, 0.15) is 5.82 Å². The molecular formula is C18H21N3. The number of nitrogens with zero attached hydrogens (tertiary/aromatic N) is 2. The summed E-state index contributed by atoms with van der Waals surface area (Å²) in [6, 6.07) is 8.81. The van der Waals surface area contributed by atoms with Gasteiger partial charge in [-0.05, 0) is 37.3 Å². The maximum absolute atomic E-state index is 4.95. The van der Waals surface area contributed by atoms with Crippen molar-refractivity contribution in [2.24, 2.45) is 0 Å². The van der Waals surface area contributed by atoms with Crippen LogP contribution in [0, 0.1) is 6.92 Å². The van der Waals surface area contributed by atoms with Gasteiger partial charge in [0.05, 0.1) is 5.69 Å². The summed E-state index contributed by atoms with van der Waals surface area (Å²) < 4.78 is 0. The first kappa shape index (κ1) is 13.0. The smallest absolute Gasteiger partial charge is 0.136 e. The summed E-state index contributed by atoms with van der Waals surface area (Å²) in [5.41, 5.74) is 6.66. The van der Waals surface area contributed by atoms with Crippen molar-refractivity contribution < 1.29 is 0 Å². The second kappa shape index (κ2) is 5.23. The molecule has 0 fully saturated rings. The van der Waals surface area contributed by atoms with Crippen LogP contribution >= 0.6 is 0 Å². The third kappa shape index (κ3) is 2.26. The number of hydrogen-bond acceptors (Lipinski definition) is 3. The van der Waals surface area contributed by atoms with Gasteiger partial charge in [-0.15, -0.1) is 0 Å². The van der Waals surface area contributed by atoms with Crippen LogP contribution in [0.2, 0.25) is 0 Å². The number of nitrogens with one attached hydrogen (secondary N) is 1. The highest BCUT2D eigenvalue weighted by Crippen LogP contribution is 2.35. The summed E-state index contributed by atoms with van der Waals surface area (Å²) in [6.07, 6.45) is 4.64. The molecule has 1 unspecified atom stereocenters. The minimum absolute atomic E-state index is 0.383. The Bertz CT molecular complexity index is 678. The van der Waals surface area contributed by atoms with Crippen molar-refractivity contribution in [3.63, 3.8) is 0 Å². The van der Waals surface area contributed by atoms with Crippen LogP contribution in [0.4, 0.5) is 0 Å². The average Bonchev–Trinajstić information content (AvgIpc) is 2.54. The van der Waals surface area contributed by atoms with E-state index >= 15 is 0 Å². The van der Waals surface area contributed by atoms with Gasteiger partial charge in [-0.1, -0.05) is 24.3 Å². The van der Waals surface area contributed by atoms with E-state index < -0.39 is 0 Å². The van der Waals surface area contributed by atoms with Gasteiger partial charge in [-0.2, -0.15) is 0 Å². The summed E-state index contributed by atoms with van der Waals surface area (Å²) >= 11 is 0. The first-order chi connectivity index (χ1) is 10.3. The molecule has 108 valence electrons. The van der Waals surface area contributed by atoms with Crippen LogP contribution in [-0.4, -0.2) is 16.5 Å². The summed E-state index contributed by atoms with van der Waals surface area (Å²) in [6.45, 7) is 4.08. The fourth-order valence-corrected chi connectivity index (χ4v) is 3.71. The molecule has 4 rings (SSSR count). The van der Waals surface area contributed by atoms with Crippen molar-refractivity contribution in [2.75, 3.05) is 6.54 Å². The highest BCUT2D eigenvalue weighted by atomic mass is 15.0. The molecule has 1 N–H and O–H groups in total. The standard InChI is InChI=1S/C18H21N3/c1-12-16-11-19-10-9-17(16)21-18(20-12)15-8-4-6-13-5-2-3-7-14(13)15/h2-3,5,7,15,19H,4,6,8-11H2,1H3. The number of fused-ring (bicyclic) bond motifs is 2. The molecule has 0 saturated carbocycles. The molecule has 2 heterocycles. The Kier molecular flexibility index (Phi) is 3.23. The van der Waals surface area contributed by atoms with E-state index in [0.29, 0.717) is 5.92 Å². The molecule has 3 heteroatoms. The van der Waals surface area contributed by atoms with Crippen molar-refractivity contribution in [3.05, 3.63) is 58.2 Å². The van der Waals surface area contributed by atoms with Gasteiger partial charge >= 0.3 is 0 Å². The lowest BCUT2D eigenvalue weighted by molar-refractivity contribution is 0.568. The Morgan fingerprint density at radius 1 is 1.14 bits per heavy atom. The topological polar surface area (TPSA) is 37.8 Å². The van der Waals surface area contributed by atoms with E-state index in [9.17, 15) is 0 Å². The molecule has 0 amide bonds. The predicted octanol–water partition coefficient (Wildman–Crippen LogP) is 2.90. The molecule has 1 aliphatic heterocycles. The molecule has 2 aromatic rings. The SMILES string of the molecule is Cc1nc(C2CCCc3ccccc32)nc2c1CNCC2. The zero-order valence-corrected chi connectivity index (χ0v) is 12.5. The highest BCUT2D eigenvalue weighted by molar-refractivity contribution is 5.38. The number of hydrogen-bond donors (Lipinski definition) is 1. The molecule has 21 heavy (non-hydrogen) atoms. The second-order valence-corrected chi connectivity index (χ2v) is 6.16. The van der Waals surface area contributed by atoms with E-state index in [0.717, 1.165) is 31.0 Å². The molecule has 1 aromatic carbocycles. The van der Waals surface area contributed by atoms with E-state index in [2.05, 4.69) is 36.5 Å². The monoisotopic (exact) mass is 279 g/mol. The van der Waals surface area contributed by atoms with Crippen molar-refractivity contribution >= 4 is 0 Å². The van der Waals surface area contributed by atoms with E-state index in [1.165, 1.54) is 41.6 Å². The molecule has 0 radical (unpaired) electrons. The maximum atomic E-state index is 4.95. The Morgan fingerprint density at radius 2 is 2.05 bits per heavy atom. The third-order valence-electron chi connectivity index (χ3n) is 4.84. The molecule has 0 spiro atoms. The Hall–Kier alpha value is -1.74. The molecule has 3 nitrogen and oxygen atoms in total. The average molecular weight is 279 g/mol. The maximum Gasteiger partial charge on any atom is 0.136 e. The molecule has 1 atom stereocenters. The normalized spacial score (nSPS) is 20.7. The van der Waals surface area contributed by atoms with E-state index in [1.807, 2.05) is 0 Å². The number of aromatic nitrogens is 2. The lowest BCUT2D eigenvalue weighted by atomic mass is 9.82. The molecule has 2 aliphatic rings. The zero-order chi connectivity index (χ0) is 14.2. The first-order valence-corrected chi connectivity index (χ1v) is 7.98. The third-order valence-corrected chi connectivity index (χ3v) is 4.84. The van der Waals surface area contributed by atoms with Gasteiger partial charge in [-0.25, -0.2) is 9.97 Å². The molecule has 1 aromatic heterocycles. The van der Waals surface area contributed by atoms with Crippen LogP contribution in [0.25, 0.3) is 0 Å². The number of benzene rings is 1. The summed E-state index contributed by atoms with van der Waals surface area (Å²) in [4.78, 5) is 9.80. The summed E-state index contributed by atoms with van der Waals surface area (Å²) in [5, 5.41) is 3.42. The van der Waals surface area contributed by atoms with Gasteiger partial charge in [-0.3, -0.25) is 0 Å². The van der Waals surface area contributed by atoms with Crippen LogP contribution in [0.3, 0.4) is 0 Å². The van der Waals surface area contributed by atoms with Gasteiger partial charge < -0.3 is 5.32 Å². The summed E-state index contributed by atoms with van der Waals surface area (Å²) in [7, 11) is 0. The Balaban J connectivity index is 1.79. The Labute approximate surface area is 125 Å². The van der Waals surface area contributed by atoms with Crippen LogP contribution < -0.4 is 5.32 Å². The fraction of sp³-hybridized carbons (Fsp3) is 0.444. The van der Waals surface area contributed by atoms with Gasteiger partial charge in [0.15, 0.2) is 0 Å². The molecular weight excluding hydrogens is 258 g/mol. The van der Waals surface area contributed by atoms with Crippen LogP contribution in [0.5, 0.6) is 0 Å². The zero-order valence-electron chi connectivity index (χ0n) is 12.5. The van der Waals surface area contributed by atoms with Crippen LogP contribution in [0.15, 0.2) is 24.3 Å². The minimum atomic E-state index is 0.383. The van der Waals surface area contributed by atoms with E-state index in [4.69, 9.17) is 9.97 Å². The molecule has 1 aliphatic carbocycles. The molecule has 0 bridgehead atoms. The van der Waals surface area contributed by atoms with Crippen molar-refractivity contribution in [1.82, 2.24) is 15.3 Å². The summed E-state index contributed by atoms with van der Waals surface area (Å²) in [5.74, 6) is 1.43. The van der Waals surface area contributed by atoms with E-state index in [-0.39, 0.29) is 0 Å². The van der Waals surface area contributed by atoms with Crippen LogP contribution in [0.1, 0.15) is 52.7 Å². The Morgan fingerprint density at radius 3 is 3.00 bits per heavy atom. The highest BCUT2D eigenvalue weighted by Gasteiger charge is 2.25.